The average molecular weight is 353 g/mol. The number of hydrogen-bond acceptors (Lipinski definition) is 2. The van der Waals surface area contributed by atoms with Crippen molar-refractivity contribution in [3.05, 3.63) is 54.6 Å². The lowest BCUT2D eigenvalue weighted by Gasteiger charge is -2.13. The van der Waals surface area contributed by atoms with Gasteiger partial charge in [0.1, 0.15) is 16.0 Å². The van der Waals surface area contributed by atoms with Crippen molar-refractivity contribution in [3.8, 4) is 0 Å². The molecule has 1 aromatic carbocycles. The Bertz CT molecular complexity index is 581. The van der Waals surface area contributed by atoms with E-state index in [1.165, 1.54) is 23.5 Å². The minimum Gasteiger partial charge on any atom is -0.319 e. The summed E-state index contributed by atoms with van der Waals surface area (Å²) in [5.74, 6) is -1.26. The lowest BCUT2D eigenvalue weighted by molar-refractivity contribution is 0.539. The Morgan fingerprint density at radius 2 is 2.06 bits per heavy atom. The van der Waals surface area contributed by atoms with E-state index in [1.54, 1.807) is 13.0 Å². The Kier molecular flexibility index (Phi) is 4.06. The lowest BCUT2D eigenvalue weighted by atomic mass is 10.0. The zero-order valence-corrected chi connectivity index (χ0v) is 12.5. The number of benzene rings is 1. The summed E-state index contributed by atoms with van der Waals surface area (Å²) in [6.45, 7) is 1.57. The molecule has 1 unspecified atom stereocenters. The molecule has 0 bridgehead atoms. The summed E-state index contributed by atoms with van der Waals surface area (Å²) in [7, 11) is 0. The number of rotatable bonds is 2. The first-order valence-electron chi connectivity index (χ1n) is 5.06. The van der Waals surface area contributed by atoms with Crippen molar-refractivity contribution in [2.75, 3.05) is 0 Å². The molecule has 1 atom stereocenters. The second-order valence-corrected chi connectivity index (χ2v) is 6.38. The van der Waals surface area contributed by atoms with Crippen LogP contribution >= 0.6 is 38.9 Å². The molecule has 0 saturated carbocycles. The van der Waals surface area contributed by atoms with Crippen LogP contribution in [-0.2, 0) is 0 Å². The molecule has 0 aliphatic carbocycles. The summed E-state index contributed by atoms with van der Waals surface area (Å²) in [6.07, 6.45) is 0. The molecule has 1 aromatic heterocycles. The normalized spacial score (nSPS) is 12.8. The Morgan fingerprint density at radius 1 is 1.39 bits per heavy atom. The maximum Gasteiger partial charge on any atom is 0.134 e. The molecule has 18 heavy (non-hydrogen) atoms. The third kappa shape index (κ3) is 2.45. The van der Waals surface area contributed by atoms with Crippen LogP contribution in [0.25, 0.3) is 0 Å². The van der Waals surface area contributed by atoms with E-state index in [0.717, 1.165) is 0 Å². The predicted octanol–water partition coefficient (Wildman–Crippen LogP) is 4.80. The average Bonchev–Trinajstić information content (AvgIpc) is 2.65. The molecule has 6 heteroatoms. The van der Waals surface area contributed by atoms with E-state index in [1.807, 2.05) is 0 Å². The molecule has 2 N–H and O–H groups in total. The Balaban J connectivity index is 2.52. The van der Waals surface area contributed by atoms with Crippen LogP contribution in [0.3, 0.4) is 0 Å². The van der Waals surface area contributed by atoms with Crippen LogP contribution in [0.15, 0.2) is 22.7 Å². The summed E-state index contributed by atoms with van der Waals surface area (Å²) in [5.41, 5.74) is 6.16. The second kappa shape index (κ2) is 5.25. The van der Waals surface area contributed by atoms with Crippen LogP contribution in [0, 0.1) is 18.6 Å². The van der Waals surface area contributed by atoms with Gasteiger partial charge in [-0.2, -0.15) is 0 Å². The van der Waals surface area contributed by atoms with Gasteiger partial charge in [0.05, 0.1) is 6.04 Å². The highest BCUT2D eigenvalue weighted by atomic mass is 79.9. The van der Waals surface area contributed by atoms with Crippen molar-refractivity contribution in [3.63, 3.8) is 0 Å². The number of aryl methyl sites for hydroxylation is 1. The molecule has 2 rings (SSSR count). The predicted molar refractivity (Wildman–Crippen MR) is 74.2 cm³/mol. The van der Waals surface area contributed by atoms with Crippen molar-refractivity contribution in [2.24, 2.45) is 5.73 Å². The molecular formula is C12H9BrClF2NS. The molecule has 2 aromatic rings. The SMILES string of the molecule is Cc1ccc(F)c(C(N)c2cc(Br)c(Cl)s2)c1F. The molecule has 1 nitrogen and oxygen atoms in total. The van der Waals surface area contributed by atoms with E-state index < -0.39 is 17.7 Å². The van der Waals surface area contributed by atoms with Crippen LogP contribution < -0.4 is 5.73 Å². The van der Waals surface area contributed by atoms with E-state index in [2.05, 4.69) is 15.9 Å². The van der Waals surface area contributed by atoms with E-state index in [0.29, 0.717) is 19.2 Å². The zero-order valence-electron chi connectivity index (χ0n) is 9.31. The molecule has 0 aliphatic rings. The fourth-order valence-electron chi connectivity index (χ4n) is 1.62. The fraction of sp³-hybridized carbons (Fsp3) is 0.167. The largest absolute Gasteiger partial charge is 0.319 e. The van der Waals surface area contributed by atoms with Gasteiger partial charge in [-0.25, -0.2) is 8.78 Å². The lowest BCUT2D eigenvalue weighted by Crippen LogP contribution is -2.15. The number of hydrogen-bond donors (Lipinski definition) is 1. The van der Waals surface area contributed by atoms with Gasteiger partial charge in [0.15, 0.2) is 0 Å². The summed E-state index contributed by atoms with van der Waals surface area (Å²) < 4.78 is 28.8. The summed E-state index contributed by atoms with van der Waals surface area (Å²) in [6, 6.07) is 3.42. The minimum atomic E-state index is -0.862. The third-order valence-electron chi connectivity index (χ3n) is 2.60. The van der Waals surface area contributed by atoms with Crippen LogP contribution in [0.4, 0.5) is 8.78 Å². The first kappa shape index (κ1) is 13.9. The minimum absolute atomic E-state index is 0.125. The number of nitrogens with two attached hydrogens (primary N) is 1. The first-order chi connectivity index (χ1) is 8.41. The van der Waals surface area contributed by atoms with E-state index in [4.69, 9.17) is 17.3 Å². The molecule has 0 spiro atoms. The van der Waals surface area contributed by atoms with Gasteiger partial charge in [-0.15, -0.1) is 11.3 Å². The van der Waals surface area contributed by atoms with Gasteiger partial charge in [0.25, 0.3) is 0 Å². The molecule has 0 aliphatic heterocycles. The zero-order chi connectivity index (χ0) is 13.4. The molecule has 0 fully saturated rings. The Labute approximate surface area is 121 Å². The highest BCUT2D eigenvalue weighted by molar-refractivity contribution is 9.10. The van der Waals surface area contributed by atoms with Gasteiger partial charge < -0.3 is 5.73 Å². The number of halogens is 4. The second-order valence-electron chi connectivity index (χ2n) is 3.84. The smallest absolute Gasteiger partial charge is 0.134 e. The van der Waals surface area contributed by atoms with Gasteiger partial charge in [-0.1, -0.05) is 17.7 Å². The van der Waals surface area contributed by atoms with Crippen LogP contribution in [0.1, 0.15) is 22.0 Å². The standard InChI is InChI=1S/C12H9BrClF2NS/c1-5-2-3-7(15)9(10(5)16)11(17)8-4-6(13)12(14)18-8/h2-4,11H,17H2,1H3. The first-order valence-corrected chi connectivity index (χ1v) is 7.05. The van der Waals surface area contributed by atoms with Crippen molar-refractivity contribution in [2.45, 2.75) is 13.0 Å². The molecule has 0 saturated heterocycles. The summed E-state index contributed by atoms with van der Waals surface area (Å²) in [4.78, 5) is 0.607. The number of thiophene rings is 1. The van der Waals surface area contributed by atoms with E-state index in [-0.39, 0.29) is 5.56 Å². The van der Waals surface area contributed by atoms with Gasteiger partial charge in [0, 0.05) is 14.9 Å². The summed E-state index contributed by atoms with van der Waals surface area (Å²) >= 11 is 10.3. The molecule has 1 heterocycles. The van der Waals surface area contributed by atoms with Gasteiger partial charge in [-0.05, 0) is 40.5 Å². The fourth-order valence-corrected chi connectivity index (χ4v) is 3.37. The van der Waals surface area contributed by atoms with Gasteiger partial charge in [-0.3, -0.25) is 0 Å². The monoisotopic (exact) mass is 351 g/mol. The van der Waals surface area contributed by atoms with E-state index >= 15 is 0 Å². The molecule has 0 amide bonds. The van der Waals surface area contributed by atoms with Crippen LogP contribution in [0.5, 0.6) is 0 Å². The molecular weight excluding hydrogens is 344 g/mol. The Morgan fingerprint density at radius 3 is 2.61 bits per heavy atom. The van der Waals surface area contributed by atoms with Crippen molar-refractivity contribution >= 4 is 38.9 Å². The van der Waals surface area contributed by atoms with Gasteiger partial charge >= 0.3 is 0 Å². The highest BCUT2D eigenvalue weighted by Crippen LogP contribution is 2.37. The van der Waals surface area contributed by atoms with Crippen LogP contribution in [0.2, 0.25) is 4.34 Å². The molecule has 96 valence electrons. The topological polar surface area (TPSA) is 26.0 Å². The maximum atomic E-state index is 13.9. The van der Waals surface area contributed by atoms with E-state index in [9.17, 15) is 8.78 Å². The van der Waals surface area contributed by atoms with Crippen molar-refractivity contribution < 1.29 is 8.78 Å². The maximum absolute atomic E-state index is 13.9. The van der Waals surface area contributed by atoms with Gasteiger partial charge in [0.2, 0.25) is 0 Å². The summed E-state index contributed by atoms with van der Waals surface area (Å²) in [5, 5.41) is 0. The molecule has 0 radical (unpaired) electrons. The third-order valence-corrected chi connectivity index (χ3v) is 5.16. The Hall–Kier alpha value is -0.490. The highest BCUT2D eigenvalue weighted by Gasteiger charge is 2.22. The van der Waals surface area contributed by atoms with Crippen molar-refractivity contribution in [1.29, 1.82) is 0 Å². The quantitative estimate of drug-likeness (QED) is 0.825. The van der Waals surface area contributed by atoms with Crippen molar-refractivity contribution in [1.82, 2.24) is 0 Å². The van der Waals surface area contributed by atoms with Crippen LogP contribution in [-0.4, -0.2) is 0 Å².